The fraction of sp³-hybridized carbons (Fsp3) is 0. The molecule has 5 heterocycles. The van der Waals surface area contributed by atoms with Crippen molar-refractivity contribution in [3.63, 3.8) is 0 Å². The first-order valence-electron chi connectivity index (χ1n) is 13.2. The van der Waals surface area contributed by atoms with E-state index >= 15 is 0 Å². The zero-order valence-electron chi connectivity index (χ0n) is 21.1. The van der Waals surface area contributed by atoms with Gasteiger partial charge < -0.3 is 0 Å². The van der Waals surface area contributed by atoms with Crippen LogP contribution in [0.3, 0.4) is 0 Å². The van der Waals surface area contributed by atoms with Crippen LogP contribution >= 0.6 is 11.3 Å². The zero-order chi connectivity index (χ0) is 26.2. The number of para-hydroxylation sites is 1. The minimum absolute atomic E-state index is 0.612. The molecular weight excluding hydrogens is 510 g/mol. The quantitative estimate of drug-likeness (QED) is 0.225. The summed E-state index contributed by atoms with van der Waals surface area (Å²) < 4.78 is 4.68. The number of hydrogen-bond acceptors (Lipinski definition) is 5. The van der Waals surface area contributed by atoms with Crippen molar-refractivity contribution in [1.82, 2.24) is 24.5 Å². The van der Waals surface area contributed by atoms with E-state index in [9.17, 15) is 0 Å². The zero-order valence-corrected chi connectivity index (χ0v) is 21.9. The first-order chi connectivity index (χ1) is 19.9. The third kappa shape index (κ3) is 2.91. The second-order valence-electron chi connectivity index (χ2n) is 9.88. The molecule has 4 aromatic carbocycles. The lowest BCUT2D eigenvalue weighted by Gasteiger charge is -2.12. The van der Waals surface area contributed by atoms with Crippen molar-refractivity contribution in [2.75, 3.05) is 0 Å². The highest BCUT2D eigenvalue weighted by molar-refractivity contribution is 7.27. The molecule has 0 aliphatic carbocycles. The maximum Gasteiger partial charge on any atom is 0.235 e. The van der Waals surface area contributed by atoms with Crippen molar-refractivity contribution in [3.05, 3.63) is 116 Å². The molecule has 0 fully saturated rings. The Morgan fingerprint density at radius 3 is 2.15 bits per heavy atom. The monoisotopic (exact) mass is 529 g/mol. The summed E-state index contributed by atoms with van der Waals surface area (Å²) in [6, 6.07) is 35.5. The Balaban J connectivity index is 1.54. The lowest BCUT2D eigenvalue weighted by Crippen LogP contribution is -2.04. The Kier molecular flexibility index (Phi) is 4.42. The molecule has 0 atom stereocenters. The molecule has 0 aliphatic rings. The van der Waals surface area contributed by atoms with Gasteiger partial charge in [0.2, 0.25) is 5.95 Å². The van der Waals surface area contributed by atoms with Gasteiger partial charge in [-0.05, 0) is 47.2 Å². The van der Waals surface area contributed by atoms with Crippen LogP contribution in [0.4, 0.5) is 0 Å². The molecule has 0 aliphatic heterocycles. The summed E-state index contributed by atoms with van der Waals surface area (Å²) in [5.74, 6) is 0.612. The van der Waals surface area contributed by atoms with Gasteiger partial charge >= 0.3 is 0 Å². The molecule has 0 spiro atoms. The Labute approximate surface area is 232 Å². The van der Waals surface area contributed by atoms with Crippen LogP contribution in [0.5, 0.6) is 0 Å². The van der Waals surface area contributed by atoms with Gasteiger partial charge in [0.25, 0.3) is 0 Å². The van der Waals surface area contributed by atoms with Crippen molar-refractivity contribution >= 4 is 75.1 Å². The summed E-state index contributed by atoms with van der Waals surface area (Å²) in [5, 5.41) is 7.04. The lowest BCUT2D eigenvalue weighted by molar-refractivity contribution is 1.01. The fourth-order valence-electron chi connectivity index (χ4n) is 6.05. The van der Waals surface area contributed by atoms with Crippen molar-refractivity contribution in [3.8, 4) is 17.3 Å². The van der Waals surface area contributed by atoms with Crippen LogP contribution in [0.15, 0.2) is 116 Å². The van der Waals surface area contributed by atoms with Gasteiger partial charge in [0.15, 0.2) is 0 Å². The van der Waals surface area contributed by atoms with Crippen molar-refractivity contribution in [2.24, 2.45) is 0 Å². The van der Waals surface area contributed by atoms with Crippen molar-refractivity contribution < 1.29 is 0 Å². The van der Waals surface area contributed by atoms with Crippen LogP contribution in [0.25, 0.3) is 81.1 Å². The minimum atomic E-state index is 0.612. The molecule has 0 saturated heterocycles. The third-order valence-corrected chi connectivity index (χ3v) is 8.88. The molecule has 0 N–H and O–H groups in total. The van der Waals surface area contributed by atoms with Gasteiger partial charge in [-0.1, -0.05) is 66.7 Å². The van der Waals surface area contributed by atoms with Gasteiger partial charge in [0.05, 0.1) is 32.5 Å². The summed E-state index contributed by atoms with van der Waals surface area (Å²) in [6.07, 6.45) is 3.68. The predicted molar refractivity (Wildman–Crippen MR) is 165 cm³/mol. The maximum atomic E-state index is 5.22. The molecule has 0 amide bonds. The topological polar surface area (TPSA) is 56.5 Å². The van der Waals surface area contributed by atoms with Crippen LogP contribution in [0.1, 0.15) is 0 Å². The molecule has 9 rings (SSSR count). The van der Waals surface area contributed by atoms with E-state index in [1.54, 1.807) is 0 Å². The molecule has 40 heavy (non-hydrogen) atoms. The Bertz CT molecular complexity index is 2440. The van der Waals surface area contributed by atoms with Crippen LogP contribution < -0.4 is 0 Å². The van der Waals surface area contributed by atoms with E-state index in [0.717, 1.165) is 44.2 Å². The third-order valence-electron chi connectivity index (χ3n) is 7.70. The van der Waals surface area contributed by atoms with Crippen molar-refractivity contribution in [1.29, 1.82) is 0 Å². The predicted octanol–water partition coefficient (Wildman–Crippen LogP) is 8.71. The molecular formula is C34H19N5S. The van der Waals surface area contributed by atoms with Gasteiger partial charge in [-0.2, -0.15) is 0 Å². The summed E-state index contributed by atoms with van der Waals surface area (Å²) in [7, 11) is 0. The van der Waals surface area contributed by atoms with Gasteiger partial charge in [0.1, 0.15) is 5.69 Å². The molecule has 0 radical (unpaired) electrons. The van der Waals surface area contributed by atoms with Gasteiger partial charge in [-0.3, -0.25) is 14.5 Å². The molecule has 0 bridgehead atoms. The van der Waals surface area contributed by atoms with Crippen LogP contribution in [0.2, 0.25) is 0 Å². The number of fused-ring (bicyclic) bond motifs is 11. The second kappa shape index (κ2) is 8.15. The standard InChI is InChI=1S/C34H19N5S/c1-2-11-21-20(10-1)28-23-13-4-6-17-27(23)40-33(28)32-29(21)31-26(16-9-19-36-31)39(32)34-37-24-14-5-3-12-22(24)30(38-34)25-15-7-8-18-35-25/h1-19H. The van der Waals surface area contributed by atoms with E-state index in [-0.39, 0.29) is 0 Å². The SMILES string of the molecule is c1ccc(-c2nc(-n3c4cccnc4c4c5ccccc5c5c6ccccc6sc5c43)nc3ccccc23)nc1. The number of nitrogens with zero attached hydrogens (tertiary/aromatic N) is 5. The molecule has 0 saturated carbocycles. The van der Waals surface area contributed by atoms with Crippen LogP contribution in [-0.4, -0.2) is 24.5 Å². The Morgan fingerprint density at radius 2 is 1.30 bits per heavy atom. The van der Waals surface area contributed by atoms with Gasteiger partial charge in [-0.25, -0.2) is 9.97 Å². The van der Waals surface area contributed by atoms with Crippen LogP contribution in [0, 0.1) is 0 Å². The van der Waals surface area contributed by atoms with E-state index in [1.807, 2.05) is 66.2 Å². The van der Waals surface area contributed by atoms with Crippen LogP contribution in [-0.2, 0) is 0 Å². The van der Waals surface area contributed by atoms with E-state index in [0.29, 0.717) is 5.95 Å². The Morgan fingerprint density at radius 1 is 0.575 bits per heavy atom. The molecule has 6 heteroatoms. The highest BCUT2D eigenvalue weighted by atomic mass is 32.1. The summed E-state index contributed by atoms with van der Waals surface area (Å²) in [6.45, 7) is 0. The molecule has 9 aromatic rings. The lowest BCUT2D eigenvalue weighted by atomic mass is 10.00. The Hall–Kier alpha value is -5.20. The van der Waals surface area contributed by atoms with E-state index in [4.69, 9.17) is 15.0 Å². The van der Waals surface area contributed by atoms with E-state index < -0.39 is 0 Å². The highest BCUT2D eigenvalue weighted by Crippen LogP contribution is 2.47. The number of rotatable bonds is 2. The van der Waals surface area contributed by atoms with E-state index in [2.05, 4.69) is 70.2 Å². The summed E-state index contributed by atoms with van der Waals surface area (Å²) in [4.78, 5) is 19.9. The smallest absolute Gasteiger partial charge is 0.235 e. The molecule has 5 aromatic heterocycles. The average molecular weight is 530 g/mol. The normalized spacial score (nSPS) is 12.0. The molecule has 5 nitrogen and oxygen atoms in total. The first-order valence-corrected chi connectivity index (χ1v) is 14.0. The molecule has 186 valence electrons. The first kappa shape index (κ1) is 21.7. The number of aromatic nitrogens is 5. The van der Waals surface area contributed by atoms with Crippen molar-refractivity contribution in [2.45, 2.75) is 0 Å². The maximum absolute atomic E-state index is 5.22. The largest absolute Gasteiger partial charge is 0.275 e. The van der Waals surface area contributed by atoms with Gasteiger partial charge in [-0.15, -0.1) is 11.3 Å². The minimum Gasteiger partial charge on any atom is -0.275 e. The van der Waals surface area contributed by atoms with E-state index in [1.165, 1.54) is 30.9 Å². The summed E-state index contributed by atoms with van der Waals surface area (Å²) >= 11 is 1.82. The van der Waals surface area contributed by atoms with Gasteiger partial charge in [0, 0.05) is 38.6 Å². The number of thiophene rings is 1. The number of hydrogen-bond donors (Lipinski definition) is 0. The number of pyridine rings is 2. The second-order valence-corrected chi connectivity index (χ2v) is 10.9. The average Bonchev–Trinajstić information content (AvgIpc) is 3.58. The number of benzene rings is 4. The molecule has 0 unspecified atom stereocenters. The summed E-state index contributed by atoms with van der Waals surface area (Å²) in [5.41, 5.74) is 5.53. The fourth-order valence-corrected chi connectivity index (χ4v) is 7.31. The highest BCUT2D eigenvalue weighted by Gasteiger charge is 2.24.